The van der Waals surface area contributed by atoms with E-state index in [2.05, 4.69) is 23.3 Å². The van der Waals surface area contributed by atoms with Gasteiger partial charge in [-0.1, -0.05) is 12.1 Å². The van der Waals surface area contributed by atoms with E-state index in [0.717, 1.165) is 5.56 Å². The molecule has 1 heterocycles. The molecule has 1 aliphatic heterocycles. The Hall–Kier alpha value is -3.32. The molecule has 4 unspecified atom stereocenters. The van der Waals surface area contributed by atoms with Crippen molar-refractivity contribution < 1.29 is 39.3 Å². The zero-order valence-electron chi connectivity index (χ0n) is 18.9. The van der Waals surface area contributed by atoms with E-state index in [-0.39, 0.29) is 30.9 Å². The van der Waals surface area contributed by atoms with Gasteiger partial charge in [-0.15, -0.1) is 0 Å². The molecule has 12 nitrogen and oxygen atoms in total. The number of phenols is 1. The van der Waals surface area contributed by atoms with E-state index in [4.69, 9.17) is 15.9 Å². The van der Waals surface area contributed by atoms with Gasteiger partial charge in [0.1, 0.15) is 23.9 Å². The minimum Gasteiger partial charge on any atom is -0.508 e. The van der Waals surface area contributed by atoms with Gasteiger partial charge >= 0.3 is 11.9 Å². The molecule has 1 aromatic rings. The van der Waals surface area contributed by atoms with E-state index in [1.165, 1.54) is 17.0 Å². The van der Waals surface area contributed by atoms with Crippen LogP contribution < -0.4 is 16.4 Å². The maximum atomic E-state index is 13.0. The van der Waals surface area contributed by atoms with Crippen LogP contribution in [0, 0.1) is 0 Å². The first-order valence-electron chi connectivity index (χ1n) is 11.0. The largest absolute Gasteiger partial charge is 0.508 e. The number of likely N-dealkylation sites (tertiary alicyclic amines) is 1. The van der Waals surface area contributed by atoms with Crippen molar-refractivity contribution in [3.05, 3.63) is 29.8 Å². The summed E-state index contributed by atoms with van der Waals surface area (Å²) < 4.78 is 0. The third-order valence-electron chi connectivity index (χ3n) is 5.62. The summed E-state index contributed by atoms with van der Waals surface area (Å²) in [6.07, 6.45) is 0.330. The van der Waals surface area contributed by atoms with Crippen LogP contribution >= 0.6 is 12.6 Å². The van der Waals surface area contributed by atoms with E-state index in [9.17, 15) is 29.1 Å². The van der Waals surface area contributed by atoms with Crippen LogP contribution in [0.25, 0.3) is 0 Å². The van der Waals surface area contributed by atoms with Crippen molar-refractivity contribution in [3.8, 4) is 5.75 Å². The van der Waals surface area contributed by atoms with Crippen LogP contribution in [-0.4, -0.2) is 86.3 Å². The van der Waals surface area contributed by atoms with Crippen molar-refractivity contribution in [1.82, 2.24) is 15.5 Å². The highest BCUT2D eigenvalue weighted by molar-refractivity contribution is 7.80. The molecule has 0 aliphatic carbocycles. The third kappa shape index (κ3) is 8.14. The number of thiol groups is 1. The molecule has 0 bridgehead atoms. The number of phenolic OH excluding ortho intramolecular Hbond substituents is 1. The summed E-state index contributed by atoms with van der Waals surface area (Å²) in [5.41, 5.74) is 6.81. The summed E-state index contributed by atoms with van der Waals surface area (Å²) in [7, 11) is 0. The summed E-state index contributed by atoms with van der Waals surface area (Å²) in [6, 6.07) is 1.74. The van der Waals surface area contributed by atoms with Crippen molar-refractivity contribution >= 4 is 42.3 Å². The summed E-state index contributed by atoms with van der Waals surface area (Å²) >= 11 is 3.87. The highest BCUT2D eigenvalue weighted by Gasteiger charge is 2.38. The fraction of sp³-hybridized carbons (Fsp3) is 0.500. The first kappa shape index (κ1) is 27.9. The number of carboxylic acid groups (broad SMARTS) is 2. The van der Waals surface area contributed by atoms with Crippen molar-refractivity contribution in [2.24, 2.45) is 5.73 Å². The number of carbonyl (C=O) groups is 5. The van der Waals surface area contributed by atoms with Crippen molar-refractivity contribution in [1.29, 1.82) is 0 Å². The van der Waals surface area contributed by atoms with Gasteiger partial charge in [-0.25, -0.2) is 4.79 Å². The molecule has 7 N–H and O–H groups in total. The zero-order valence-corrected chi connectivity index (χ0v) is 19.8. The van der Waals surface area contributed by atoms with Crippen molar-refractivity contribution in [3.63, 3.8) is 0 Å². The number of amides is 3. The van der Waals surface area contributed by atoms with Gasteiger partial charge in [0.15, 0.2) is 0 Å². The molecule has 35 heavy (non-hydrogen) atoms. The van der Waals surface area contributed by atoms with Gasteiger partial charge in [-0.2, -0.15) is 12.6 Å². The van der Waals surface area contributed by atoms with Crippen LogP contribution in [0.4, 0.5) is 0 Å². The molecule has 1 saturated heterocycles. The second kappa shape index (κ2) is 13.0. The number of carbonyl (C=O) groups excluding carboxylic acids is 3. The molecule has 2 rings (SSSR count). The van der Waals surface area contributed by atoms with Crippen LogP contribution in [-0.2, 0) is 30.4 Å². The molecule has 0 aromatic heterocycles. The highest BCUT2D eigenvalue weighted by atomic mass is 32.1. The Kier molecular flexibility index (Phi) is 10.3. The minimum absolute atomic E-state index is 0.0791. The third-order valence-corrected chi connectivity index (χ3v) is 5.99. The Morgan fingerprint density at radius 1 is 1.09 bits per heavy atom. The molecule has 0 saturated carbocycles. The minimum atomic E-state index is -1.33. The predicted octanol–water partition coefficient (Wildman–Crippen LogP) is -0.898. The van der Waals surface area contributed by atoms with Crippen molar-refractivity contribution in [2.45, 2.75) is 56.3 Å². The number of benzene rings is 1. The average Bonchev–Trinajstić information content (AvgIpc) is 3.30. The maximum Gasteiger partial charge on any atom is 0.327 e. The normalized spacial score (nSPS) is 17.8. The van der Waals surface area contributed by atoms with Gasteiger partial charge in [0.25, 0.3) is 0 Å². The zero-order chi connectivity index (χ0) is 26.1. The maximum absolute atomic E-state index is 13.0. The first-order chi connectivity index (χ1) is 16.5. The fourth-order valence-electron chi connectivity index (χ4n) is 3.75. The number of hydrogen-bond acceptors (Lipinski definition) is 8. The Labute approximate surface area is 207 Å². The number of nitrogens with one attached hydrogen (secondary N) is 2. The summed E-state index contributed by atoms with van der Waals surface area (Å²) in [5.74, 6) is -4.62. The first-order valence-corrected chi connectivity index (χ1v) is 11.7. The Balaban J connectivity index is 2.08. The lowest BCUT2D eigenvalue weighted by Crippen LogP contribution is -2.57. The number of rotatable bonds is 12. The average molecular weight is 511 g/mol. The van der Waals surface area contributed by atoms with E-state index >= 15 is 0 Å². The monoisotopic (exact) mass is 510 g/mol. The lowest BCUT2D eigenvalue weighted by atomic mass is 10.0. The highest BCUT2D eigenvalue weighted by Crippen LogP contribution is 2.20. The summed E-state index contributed by atoms with van der Waals surface area (Å²) in [5, 5.41) is 32.2. The van der Waals surface area contributed by atoms with E-state index in [0.29, 0.717) is 12.8 Å². The molecule has 0 radical (unpaired) electrons. The Bertz CT molecular complexity index is 942. The molecule has 4 atom stereocenters. The summed E-state index contributed by atoms with van der Waals surface area (Å²) in [6.45, 7) is 0.285. The standard InChI is InChI=1S/C22H30N4O8S/c23-14(10-12-3-5-13(27)6-4-12)21(32)26-9-1-2-17(26)20(31)24-15(7-8-18(28)29)19(30)25-16(11-35)22(33)34/h3-6,14-17,27,35H,1-2,7-11,23H2,(H,24,31)(H,25,30)(H,28,29)(H,33,34). The van der Waals surface area contributed by atoms with Crippen LogP contribution in [0.5, 0.6) is 5.75 Å². The molecular formula is C22H30N4O8S. The molecule has 3 amide bonds. The predicted molar refractivity (Wildman–Crippen MR) is 127 cm³/mol. The topological polar surface area (TPSA) is 199 Å². The molecule has 1 aromatic carbocycles. The van der Waals surface area contributed by atoms with Crippen LogP contribution in [0.3, 0.4) is 0 Å². The quantitative estimate of drug-likeness (QED) is 0.174. The van der Waals surface area contributed by atoms with E-state index in [1.54, 1.807) is 12.1 Å². The number of nitrogens with zero attached hydrogens (tertiary/aromatic N) is 1. The molecular weight excluding hydrogens is 480 g/mol. The Morgan fingerprint density at radius 2 is 1.74 bits per heavy atom. The lowest BCUT2D eigenvalue weighted by molar-refractivity contribution is -0.143. The second-order valence-corrected chi connectivity index (χ2v) is 8.61. The van der Waals surface area contributed by atoms with Gasteiger partial charge in [-0.05, 0) is 43.4 Å². The fourth-order valence-corrected chi connectivity index (χ4v) is 4.00. The number of aromatic hydroxyl groups is 1. The van der Waals surface area contributed by atoms with Gasteiger partial charge < -0.3 is 36.6 Å². The van der Waals surface area contributed by atoms with Crippen LogP contribution in [0.15, 0.2) is 24.3 Å². The number of carboxylic acids is 2. The molecule has 1 aliphatic rings. The molecule has 192 valence electrons. The van der Waals surface area contributed by atoms with Gasteiger partial charge in [0.2, 0.25) is 17.7 Å². The van der Waals surface area contributed by atoms with Crippen LogP contribution in [0.1, 0.15) is 31.2 Å². The Morgan fingerprint density at radius 3 is 2.31 bits per heavy atom. The lowest BCUT2D eigenvalue weighted by Gasteiger charge is -2.28. The number of aliphatic carboxylic acids is 2. The number of hydrogen-bond donors (Lipinski definition) is 7. The van der Waals surface area contributed by atoms with Gasteiger partial charge in [0, 0.05) is 18.7 Å². The van der Waals surface area contributed by atoms with E-state index < -0.39 is 60.2 Å². The second-order valence-electron chi connectivity index (χ2n) is 8.24. The van der Waals surface area contributed by atoms with Gasteiger partial charge in [-0.3, -0.25) is 19.2 Å². The van der Waals surface area contributed by atoms with Crippen LogP contribution in [0.2, 0.25) is 0 Å². The van der Waals surface area contributed by atoms with E-state index in [1.807, 2.05) is 0 Å². The smallest absolute Gasteiger partial charge is 0.327 e. The summed E-state index contributed by atoms with van der Waals surface area (Å²) in [4.78, 5) is 62.1. The van der Waals surface area contributed by atoms with Gasteiger partial charge in [0.05, 0.1) is 6.04 Å². The molecule has 13 heteroatoms. The van der Waals surface area contributed by atoms with Crippen molar-refractivity contribution in [2.75, 3.05) is 12.3 Å². The molecule has 1 fully saturated rings. The SMILES string of the molecule is NC(Cc1ccc(O)cc1)C(=O)N1CCCC1C(=O)NC(CCC(=O)O)C(=O)NC(CS)C(=O)O. The molecule has 0 spiro atoms. The number of nitrogens with two attached hydrogens (primary N) is 1.